The lowest BCUT2D eigenvalue weighted by Crippen LogP contribution is -2.04. The first-order valence-electron chi connectivity index (χ1n) is 9.59. The molecular formula is C25H20N2O2. The zero-order chi connectivity index (χ0) is 20.2. The number of hydrogen-bond acceptors (Lipinski definition) is 4. The summed E-state index contributed by atoms with van der Waals surface area (Å²) in [6, 6.07) is 20.3. The Labute approximate surface area is 170 Å². The SMILES string of the molecule is COc1ccc2cc(CCOc3ccc4c(c3)C(C#N)=CCC4)cc(C#N)c2c1. The Kier molecular flexibility index (Phi) is 5.18. The van der Waals surface area contributed by atoms with Crippen molar-refractivity contribution in [1.82, 2.24) is 0 Å². The lowest BCUT2D eigenvalue weighted by atomic mass is 9.91. The van der Waals surface area contributed by atoms with Gasteiger partial charge in [-0.05, 0) is 65.3 Å². The van der Waals surface area contributed by atoms with Gasteiger partial charge in [-0.3, -0.25) is 0 Å². The molecule has 0 saturated heterocycles. The summed E-state index contributed by atoms with van der Waals surface area (Å²) < 4.78 is 11.2. The molecular weight excluding hydrogens is 360 g/mol. The Hall–Kier alpha value is -3.76. The number of hydrogen-bond donors (Lipinski definition) is 0. The van der Waals surface area contributed by atoms with Crippen molar-refractivity contribution in [3.63, 3.8) is 0 Å². The average Bonchev–Trinajstić information content (AvgIpc) is 2.77. The molecule has 4 rings (SSSR count). The van der Waals surface area contributed by atoms with Gasteiger partial charge in [-0.25, -0.2) is 0 Å². The molecule has 0 saturated carbocycles. The minimum absolute atomic E-state index is 0.497. The summed E-state index contributed by atoms with van der Waals surface area (Å²) in [4.78, 5) is 0. The quantitative estimate of drug-likeness (QED) is 0.610. The van der Waals surface area contributed by atoms with Crippen molar-refractivity contribution in [2.24, 2.45) is 0 Å². The Bertz CT molecular complexity index is 1200. The smallest absolute Gasteiger partial charge is 0.119 e. The van der Waals surface area contributed by atoms with Gasteiger partial charge in [-0.1, -0.05) is 24.3 Å². The zero-order valence-electron chi connectivity index (χ0n) is 16.2. The van der Waals surface area contributed by atoms with Gasteiger partial charge < -0.3 is 9.47 Å². The lowest BCUT2D eigenvalue weighted by Gasteiger charge is -2.15. The number of aryl methyl sites for hydroxylation is 1. The minimum atomic E-state index is 0.497. The summed E-state index contributed by atoms with van der Waals surface area (Å²) in [5.74, 6) is 1.50. The molecule has 3 aromatic rings. The fourth-order valence-corrected chi connectivity index (χ4v) is 3.75. The summed E-state index contributed by atoms with van der Waals surface area (Å²) >= 11 is 0. The molecule has 29 heavy (non-hydrogen) atoms. The second-order valence-electron chi connectivity index (χ2n) is 7.03. The van der Waals surface area contributed by atoms with Crippen LogP contribution < -0.4 is 9.47 Å². The van der Waals surface area contributed by atoms with Crippen LogP contribution in [0.5, 0.6) is 11.5 Å². The molecule has 0 unspecified atom stereocenters. The highest BCUT2D eigenvalue weighted by Gasteiger charge is 2.13. The highest BCUT2D eigenvalue weighted by molar-refractivity contribution is 5.89. The lowest BCUT2D eigenvalue weighted by molar-refractivity contribution is 0.322. The fraction of sp³-hybridized carbons (Fsp3) is 0.200. The molecule has 0 aliphatic heterocycles. The molecule has 0 spiro atoms. The van der Waals surface area contributed by atoms with Crippen molar-refractivity contribution in [2.75, 3.05) is 13.7 Å². The van der Waals surface area contributed by atoms with Gasteiger partial charge in [0.2, 0.25) is 0 Å². The van der Waals surface area contributed by atoms with Gasteiger partial charge in [0.25, 0.3) is 0 Å². The first-order valence-corrected chi connectivity index (χ1v) is 9.59. The number of rotatable bonds is 5. The maximum absolute atomic E-state index is 9.53. The van der Waals surface area contributed by atoms with E-state index in [1.54, 1.807) is 7.11 Å². The topological polar surface area (TPSA) is 66.0 Å². The van der Waals surface area contributed by atoms with Crippen molar-refractivity contribution in [1.29, 1.82) is 10.5 Å². The van der Waals surface area contributed by atoms with Gasteiger partial charge in [-0.2, -0.15) is 10.5 Å². The van der Waals surface area contributed by atoms with E-state index < -0.39 is 0 Å². The number of methoxy groups -OCH3 is 1. The number of ether oxygens (including phenoxy) is 2. The summed E-state index contributed by atoms with van der Waals surface area (Å²) in [6.07, 6.45) is 4.54. The van der Waals surface area contributed by atoms with E-state index in [4.69, 9.17) is 9.47 Å². The molecule has 0 amide bonds. The summed E-state index contributed by atoms with van der Waals surface area (Å²) in [5, 5.41) is 20.8. The van der Waals surface area contributed by atoms with E-state index in [-0.39, 0.29) is 0 Å². The highest BCUT2D eigenvalue weighted by Crippen LogP contribution is 2.30. The molecule has 0 N–H and O–H groups in total. The molecule has 142 valence electrons. The van der Waals surface area contributed by atoms with Crippen molar-refractivity contribution in [3.05, 3.63) is 76.9 Å². The minimum Gasteiger partial charge on any atom is -0.497 e. The molecule has 4 nitrogen and oxygen atoms in total. The molecule has 0 bridgehead atoms. The van der Waals surface area contributed by atoms with Crippen LogP contribution in [0.15, 0.2) is 54.6 Å². The number of benzene rings is 3. The number of fused-ring (bicyclic) bond motifs is 2. The molecule has 0 fully saturated rings. The average molecular weight is 380 g/mol. The van der Waals surface area contributed by atoms with Gasteiger partial charge in [0.1, 0.15) is 11.5 Å². The third kappa shape index (κ3) is 3.79. The molecule has 4 heteroatoms. The van der Waals surface area contributed by atoms with Crippen LogP contribution in [0.1, 0.15) is 28.7 Å². The van der Waals surface area contributed by atoms with E-state index in [2.05, 4.69) is 18.2 Å². The maximum atomic E-state index is 9.53. The molecule has 0 aromatic heterocycles. The van der Waals surface area contributed by atoms with E-state index in [9.17, 15) is 10.5 Å². The van der Waals surface area contributed by atoms with E-state index in [0.717, 1.165) is 51.8 Å². The Morgan fingerprint density at radius 1 is 0.966 bits per heavy atom. The Morgan fingerprint density at radius 3 is 2.62 bits per heavy atom. The number of nitrogens with zero attached hydrogens (tertiary/aromatic N) is 2. The summed E-state index contributed by atoms with van der Waals surface area (Å²) in [7, 11) is 1.62. The van der Waals surface area contributed by atoms with Crippen LogP contribution in [-0.4, -0.2) is 13.7 Å². The van der Waals surface area contributed by atoms with Crippen LogP contribution in [0, 0.1) is 22.7 Å². The van der Waals surface area contributed by atoms with Gasteiger partial charge in [-0.15, -0.1) is 0 Å². The predicted molar refractivity (Wildman–Crippen MR) is 113 cm³/mol. The normalized spacial score (nSPS) is 12.4. The second kappa shape index (κ2) is 8.09. The summed E-state index contributed by atoms with van der Waals surface area (Å²) in [6.45, 7) is 0.497. The third-order valence-electron chi connectivity index (χ3n) is 5.26. The van der Waals surface area contributed by atoms with Crippen molar-refractivity contribution >= 4 is 16.3 Å². The van der Waals surface area contributed by atoms with Crippen LogP contribution in [0.3, 0.4) is 0 Å². The van der Waals surface area contributed by atoms with Crippen molar-refractivity contribution in [3.8, 4) is 23.6 Å². The first-order chi connectivity index (χ1) is 14.2. The molecule has 1 aliphatic carbocycles. The predicted octanol–water partition coefficient (Wildman–Crippen LogP) is 5.19. The van der Waals surface area contributed by atoms with Gasteiger partial charge in [0, 0.05) is 11.8 Å². The maximum Gasteiger partial charge on any atom is 0.119 e. The van der Waals surface area contributed by atoms with Crippen LogP contribution in [0.25, 0.3) is 16.3 Å². The fourth-order valence-electron chi connectivity index (χ4n) is 3.75. The van der Waals surface area contributed by atoms with E-state index >= 15 is 0 Å². The van der Waals surface area contributed by atoms with Gasteiger partial charge in [0.15, 0.2) is 0 Å². The van der Waals surface area contributed by atoms with E-state index in [1.165, 1.54) is 5.56 Å². The Morgan fingerprint density at radius 2 is 1.83 bits per heavy atom. The second-order valence-corrected chi connectivity index (χ2v) is 7.03. The molecule has 3 aromatic carbocycles. The van der Waals surface area contributed by atoms with Gasteiger partial charge in [0.05, 0.1) is 37.0 Å². The van der Waals surface area contributed by atoms with Crippen LogP contribution in [-0.2, 0) is 12.8 Å². The molecule has 1 aliphatic rings. The van der Waals surface area contributed by atoms with Crippen LogP contribution in [0.2, 0.25) is 0 Å². The van der Waals surface area contributed by atoms with E-state index in [0.29, 0.717) is 18.6 Å². The number of nitriles is 2. The monoisotopic (exact) mass is 380 g/mol. The van der Waals surface area contributed by atoms with Crippen molar-refractivity contribution in [2.45, 2.75) is 19.3 Å². The molecule has 0 heterocycles. The largest absolute Gasteiger partial charge is 0.497 e. The van der Waals surface area contributed by atoms with Crippen LogP contribution in [0.4, 0.5) is 0 Å². The van der Waals surface area contributed by atoms with Gasteiger partial charge >= 0.3 is 0 Å². The highest BCUT2D eigenvalue weighted by atomic mass is 16.5. The van der Waals surface area contributed by atoms with Crippen LogP contribution >= 0.6 is 0 Å². The number of allylic oxidation sites excluding steroid dienone is 2. The third-order valence-corrected chi connectivity index (χ3v) is 5.26. The molecule has 0 radical (unpaired) electrons. The van der Waals surface area contributed by atoms with Crippen molar-refractivity contribution < 1.29 is 9.47 Å². The zero-order valence-corrected chi connectivity index (χ0v) is 16.2. The molecule has 0 atom stereocenters. The first kappa shape index (κ1) is 18.6. The standard InChI is InChI=1S/C25H20N2O2/c1-28-22-7-6-19-11-17(12-21(16-27)25(19)13-22)9-10-29-23-8-5-18-3-2-4-20(15-26)24(18)14-23/h4-8,11-14H,2-3,9-10H2,1H3. The van der Waals surface area contributed by atoms with E-state index in [1.807, 2.05) is 48.5 Å². The Balaban J connectivity index is 1.50. The summed E-state index contributed by atoms with van der Waals surface area (Å²) in [5.41, 5.74) is 4.58.